The van der Waals surface area contributed by atoms with E-state index in [0.717, 1.165) is 11.1 Å². The molecule has 1 aliphatic heterocycles. The number of carbonyl (C=O) groups excluding carboxylic acids is 1. The van der Waals surface area contributed by atoms with Gasteiger partial charge in [-0.1, -0.05) is 42.5 Å². The van der Waals surface area contributed by atoms with Crippen LogP contribution in [0.4, 0.5) is 4.39 Å². The van der Waals surface area contributed by atoms with Crippen LogP contribution in [0.15, 0.2) is 54.6 Å². The first kappa shape index (κ1) is 17.6. The Kier molecular flexibility index (Phi) is 5.19. The maximum absolute atomic E-state index is 13.8. The van der Waals surface area contributed by atoms with Gasteiger partial charge in [0.1, 0.15) is 5.82 Å². The number of rotatable bonds is 4. The van der Waals surface area contributed by atoms with Crippen LogP contribution in [0.5, 0.6) is 0 Å². The molecule has 0 spiro atoms. The highest BCUT2D eigenvalue weighted by Gasteiger charge is 2.44. The van der Waals surface area contributed by atoms with Crippen molar-refractivity contribution in [1.82, 2.24) is 4.90 Å². The summed E-state index contributed by atoms with van der Waals surface area (Å²) < 4.78 is 19.3. The molecule has 1 saturated heterocycles. The van der Waals surface area contributed by atoms with E-state index in [1.54, 1.807) is 11.0 Å². The van der Waals surface area contributed by atoms with Gasteiger partial charge in [0.05, 0.1) is 11.5 Å². The monoisotopic (exact) mass is 341 g/mol. The third kappa shape index (κ3) is 3.45. The molecule has 132 valence electrons. The van der Waals surface area contributed by atoms with Crippen molar-refractivity contribution >= 4 is 5.91 Å². The van der Waals surface area contributed by atoms with Crippen LogP contribution in [0.2, 0.25) is 0 Å². The molecule has 2 aromatic carbocycles. The Morgan fingerprint density at radius 3 is 2.44 bits per heavy atom. The zero-order valence-electron chi connectivity index (χ0n) is 14.7. The molecule has 1 unspecified atom stereocenters. The number of halogens is 1. The summed E-state index contributed by atoms with van der Waals surface area (Å²) in [6.45, 7) is 3.04. The van der Waals surface area contributed by atoms with Gasteiger partial charge in [0, 0.05) is 20.3 Å². The van der Waals surface area contributed by atoms with Crippen LogP contribution in [-0.2, 0) is 14.9 Å². The number of hydrogen-bond acceptors (Lipinski definition) is 2. The highest BCUT2D eigenvalue weighted by molar-refractivity contribution is 5.88. The highest BCUT2D eigenvalue weighted by Crippen LogP contribution is 2.38. The maximum atomic E-state index is 13.8. The molecule has 2 aromatic rings. The fourth-order valence-corrected chi connectivity index (χ4v) is 3.60. The van der Waals surface area contributed by atoms with Gasteiger partial charge in [-0.15, -0.1) is 0 Å². The molecule has 0 radical (unpaired) electrons. The molecule has 1 aliphatic rings. The number of nitrogens with zero attached hydrogens (tertiary/aromatic N) is 1. The summed E-state index contributed by atoms with van der Waals surface area (Å²) in [6.07, 6.45) is 1.14. The van der Waals surface area contributed by atoms with Crippen molar-refractivity contribution in [3.05, 3.63) is 71.5 Å². The number of benzene rings is 2. The first-order valence-electron chi connectivity index (χ1n) is 8.70. The van der Waals surface area contributed by atoms with Gasteiger partial charge < -0.3 is 9.64 Å². The molecule has 0 saturated carbocycles. The summed E-state index contributed by atoms with van der Waals surface area (Å²) in [7, 11) is 1.83. The number of hydrogen-bond donors (Lipinski definition) is 0. The van der Waals surface area contributed by atoms with E-state index in [2.05, 4.69) is 0 Å². The van der Waals surface area contributed by atoms with E-state index in [1.807, 2.05) is 50.4 Å². The van der Waals surface area contributed by atoms with Gasteiger partial charge in [0.15, 0.2) is 0 Å². The van der Waals surface area contributed by atoms with E-state index in [-0.39, 0.29) is 17.8 Å². The maximum Gasteiger partial charge on any atom is 0.233 e. The van der Waals surface area contributed by atoms with Crippen LogP contribution in [0.1, 0.15) is 36.9 Å². The Hall–Kier alpha value is -2.20. The standard InChI is InChI=1S/C21H24FNO2/c1-16(17-7-4-3-5-8-17)23(2)20(24)21(11-13-25-14-12-21)18-9-6-10-19(22)15-18/h3-10,15-16H,11-14H2,1-2H3. The Bertz CT molecular complexity index is 726. The van der Waals surface area contributed by atoms with Gasteiger partial charge in [0.2, 0.25) is 5.91 Å². The van der Waals surface area contributed by atoms with Gasteiger partial charge in [-0.2, -0.15) is 0 Å². The molecular formula is C21H24FNO2. The second-order valence-corrected chi connectivity index (χ2v) is 6.71. The molecule has 1 fully saturated rings. The minimum Gasteiger partial charge on any atom is -0.381 e. The lowest BCUT2D eigenvalue weighted by Gasteiger charge is -2.41. The lowest BCUT2D eigenvalue weighted by atomic mass is 9.72. The second-order valence-electron chi connectivity index (χ2n) is 6.71. The summed E-state index contributed by atoms with van der Waals surface area (Å²) in [6, 6.07) is 16.3. The van der Waals surface area contributed by atoms with Gasteiger partial charge in [-0.3, -0.25) is 4.79 Å². The van der Waals surface area contributed by atoms with E-state index < -0.39 is 5.41 Å². The zero-order valence-corrected chi connectivity index (χ0v) is 14.7. The Morgan fingerprint density at radius 1 is 1.12 bits per heavy atom. The average molecular weight is 341 g/mol. The predicted molar refractivity (Wildman–Crippen MR) is 95.8 cm³/mol. The molecule has 1 amide bonds. The first-order valence-corrected chi connectivity index (χ1v) is 8.70. The number of amides is 1. The number of likely N-dealkylation sites (N-methyl/N-ethyl adjacent to an activating group) is 1. The van der Waals surface area contributed by atoms with Crippen LogP contribution in [0, 0.1) is 5.82 Å². The SMILES string of the molecule is CC(c1ccccc1)N(C)C(=O)C1(c2cccc(F)c2)CCOCC1. The summed E-state index contributed by atoms with van der Waals surface area (Å²) in [5, 5.41) is 0. The summed E-state index contributed by atoms with van der Waals surface area (Å²) in [4.78, 5) is 15.3. The minimum atomic E-state index is -0.724. The minimum absolute atomic E-state index is 0.0257. The van der Waals surface area contributed by atoms with Gasteiger partial charge in [0.25, 0.3) is 0 Å². The fraction of sp³-hybridized carbons (Fsp3) is 0.381. The zero-order chi connectivity index (χ0) is 17.9. The van der Waals surface area contributed by atoms with Crippen molar-refractivity contribution in [3.8, 4) is 0 Å². The summed E-state index contributed by atoms with van der Waals surface area (Å²) in [5.74, 6) is -0.285. The second kappa shape index (κ2) is 7.36. The van der Waals surface area contributed by atoms with Crippen molar-refractivity contribution in [2.75, 3.05) is 20.3 Å². The predicted octanol–water partition coefficient (Wildman–Crippen LogP) is 4.09. The van der Waals surface area contributed by atoms with Crippen LogP contribution >= 0.6 is 0 Å². The Balaban J connectivity index is 1.94. The van der Waals surface area contributed by atoms with Crippen molar-refractivity contribution in [1.29, 1.82) is 0 Å². The summed E-state index contributed by atoms with van der Waals surface area (Å²) in [5.41, 5.74) is 1.10. The van der Waals surface area contributed by atoms with Crippen molar-refractivity contribution in [2.45, 2.75) is 31.2 Å². The molecule has 0 aliphatic carbocycles. The van der Waals surface area contributed by atoms with Crippen LogP contribution in [0.3, 0.4) is 0 Å². The number of carbonyl (C=O) groups is 1. The van der Waals surface area contributed by atoms with Gasteiger partial charge in [-0.05, 0) is 43.0 Å². The molecule has 25 heavy (non-hydrogen) atoms. The van der Waals surface area contributed by atoms with E-state index >= 15 is 0 Å². The highest BCUT2D eigenvalue weighted by atomic mass is 19.1. The topological polar surface area (TPSA) is 29.5 Å². The molecular weight excluding hydrogens is 317 g/mol. The lowest BCUT2D eigenvalue weighted by molar-refractivity contribution is -0.142. The van der Waals surface area contributed by atoms with Crippen LogP contribution in [0.25, 0.3) is 0 Å². The molecule has 0 aromatic heterocycles. The molecule has 1 heterocycles. The summed E-state index contributed by atoms with van der Waals surface area (Å²) >= 11 is 0. The fourth-order valence-electron chi connectivity index (χ4n) is 3.60. The Labute approximate surface area is 148 Å². The van der Waals surface area contributed by atoms with Crippen molar-refractivity contribution < 1.29 is 13.9 Å². The molecule has 4 heteroatoms. The normalized spacial score (nSPS) is 17.7. The van der Waals surface area contributed by atoms with E-state index in [9.17, 15) is 9.18 Å². The lowest BCUT2D eigenvalue weighted by Crippen LogP contribution is -2.49. The van der Waals surface area contributed by atoms with Crippen molar-refractivity contribution in [2.24, 2.45) is 0 Å². The largest absolute Gasteiger partial charge is 0.381 e. The molecule has 0 N–H and O–H groups in total. The molecule has 1 atom stereocenters. The molecule has 3 nitrogen and oxygen atoms in total. The van der Waals surface area contributed by atoms with E-state index in [1.165, 1.54) is 12.1 Å². The van der Waals surface area contributed by atoms with Gasteiger partial charge >= 0.3 is 0 Å². The molecule has 0 bridgehead atoms. The van der Waals surface area contributed by atoms with E-state index in [0.29, 0.717) is 26.1 Å². The first-order chi connectivity index (χ1) is 12.0. The van der Waals surface area contributed by atoms with Crippen LogP contribution in [-0.4, -0.2) is 31.1 Å². The average Bonchev–Trinajstić information content (AvgIpc) is 2.67. The van der Waals surface area contributed by atoms with E-state index in [4.69, 9.17) is 4.74 Å². The van der Waals surface area contributed by atoms with Gasteiger partial charge in [-0.25, -0.2) is 4.39 Å². The smallest absolute Gasteiger partial charge is 0.233 e. The molecule has 3 rings (SSSR count). The Morgan fingerprint density at radius 2 is 1.80 bits per heavy atom. The quantitative estimate of drug-likeness (QED) is 0.838. The number of ether oxygens (including phenoxy) is 1. The van der Waals surface area contributed by atoms with Crippen LogP contribution < -0.4 is 0 Å². The van der Waals surface area contributed by atoms with Crippen molar-refractivity contribution in [3.63, 3.8) is 0 Å². The third-order valence-electron chi connectivity index (χ3n) is 5.32. The third-order valence-corrected chi connectivity index (χ3v) is 5.32.